The monoisotopic (exact) mass is 370 g/mol. The molecule has 2 aliphatic heterocycles. The van der Waals surface area contributed by atoms with Gasteiger partial charge in [-0.1, -0.05) is 6.07 Å². The summed E-state index contributed by atoms with van der Waals surface area (Å²) in [6, 6.07) is 10.9. The van der Waals surface area contributed by atoms with Crippen LogP contribution in [0.25, 0.3) is 0 Å². The molecule has 2 fully saturated rings. The first-order valence-corrected chi connectivity index (χ1v) is 10.4. The molecule has 26 heavy (non-hydrogen) atoms. The Morgan fingerprint density at radius 2 is 2.12 bits per heavy atom. The molecule has 0 radical (unpaired) electrons. The Bertz CT molecular complexity index is 718. The molecule has 0 saturated carbocycles. The first-order valence-electron chi connectivity index (χ1n) is 9.54. The van der Waals surface area contributed by atoms with E-state index in [0.717, 1.165) is 49.6 Å². The van der Waals surface area contributed by atoms with Gasteiger partial charge in [0.1, 0.15) is 0 Å². The maximum absolute atomic E-state index is 12.6. The van der Waals surface area contributed by atoms with Crippen LogP contribution in [0.1, 0.15) is 52.0 Å². The van der Waals surface area contributed by atoms with E-state index < -0.39 is 0 Å². The van der Waals surface area contributed by atoms with E-state index in [1.54, 1.807) is 11.3 Å². The van der Waals surface area contributed by atoms with E-state index in [1.165, 1.54) is 17.7 Å². The van der Waals surface area contributed by atoms with Gasteiger partial charge in [0.25, 0.3) is 5.91 Å². The van der Waals surface area contributed by atoms with Gasteiger partial charge in [-0.05, 0) is 56.5 Å². The van der Waals surface area contributed by atoms with Gasteiger partial charge in [-0.15, -0.1) is 11.3 Å². The number of carbonyl (C=O) groups excluding carboxylic acids is 1. The Labute approximate surface area is 158 Å². The lowest BCUT2D eigenvalue weighted by atomic mass is 10.0. The molecule has 4 rings (SSSR count). The van der Waals surface area contributed by atoms with E-state index in [1.807, 2.05) is 24.4 Å². The van der Waals surface area contributed by atoms with Crippen molar-refractivity contribution in [3.63, 3.8) is 0 Å². The molecule has 2 aromatic rings. The van der Waals surface area contributed by atoms with E-state index in [2.05, 4.69) is 32.7 Å². The van der Waals surface area contributed by atoms with Gasteiger partial charge in [-0.25, -0.2) is 0 Å². The van der Waals surface area contributed by atoms with Crippen LogP contribution in [0, 0.1) is 0 Å². The van der Waals surface area contributed by atoms with Crippen LogP contribution in [0.2, 0.25) is 0 Å². The summed E-state index contributed by atoms with van der Waals surface area (Å²) >= 11 is 1.64. The Morgan fingerprint density at radius 3 is 2.85 bits per heavy atom. The van der Waals surface area contributed by atoms with Crippen molar-refractivity contribution in [1.29, 1.82) is 0 Å². The molecule has 2 aliphatic rings. The molecule has 1 amide bonds. The average molecular weight is 371 g/mol. The number of thiophene rings is 1. The quantitative estimate of drug-likeness (QED) is 0.850. The predicted molar refractivity (Wildman–Crippen MR) is 104 cm³/mol. The molecule has 1 atom stereocenters. The first-order chi connectivity index (χ1) is 12.8. The standard InChI is InChI=1S/C20H26N4OS/c25-20(19-7-6-18(26-19)17-5-3-11-22-17)23-15-8-12-24(13-9-15)14-16-4-1-2-10-21-16/h1-2,4,6-7,10,15,17,22H,3,5,8-9,11-14H2,(H,23,25). The number of amides is 1. The number of carbonyl (C=O) groups is 1. The summed E-state index contributed by atoms with van der Waals surface area (Å²) in [6.45, 7) is 3.98. The van der Waals surface area contributed by atoms with E-state index in [0.29, 0.717) is 6.04 Å². The summed E-state index contributed by atoms with van der Waals surface area (Å²) in [5.41, 5.74) is 1.11. The molecular weight excluding hydrogens is 344 g/mol. The van der Waals surface area contributed by atoms with E-state index in [4.69, 9.17) is 0 Å². The molecule has 6 heteroatoms. The number of rotatable bonds is 5. The van der Waals surface area contributed by atoms with Gasteiger partial charge in [0.15, 0.2) is 0 Å². The van der Waals surface area contributed by atoms with Crippen LogP contribution in [0.3, 0.4) is 0 Å². The molecule has 0 aliphatic carbocycles. The minimum Gasteiger partial charge on any atom is -0.349 e. The fraction of sp³-hybridized carbons (Fsp3) is 0.500. The molecule has 0 aromatic carbocycles. The lowest BCUT2D eigenvalue weighted by molar-refractivity contribution is 0.0912. The molecule has 0 spiro atoms. The molecule has 2 N–H and O–H groups in total. The molecule has 0 bridgehead atoms. The zero-order valence-corrected chi connectivity index (χ0v) is 15.8. The van der Waals surface area contributed by atoms with Crippen LogP contribution in [-0.4, -0.2) is 41.5 Å². The van der Waals surface area contributed by atoms with E-state index in [-0.39, 0.29) is 11.9 Å². The summed E-state index contributed by atoms with van der Waals surface area (Å²) in [6.07, 6.45) is 6.25. The first kappa shape index (κ1) is 17.6. The molecule has 2 saturated heterocycles. The molecule has 1 unspecified atom stereocenters. The third-order valence-corrected chi connectivity index (χ3v) is 6.49. The van der Waals surface area contributed by atoms with Crippen LogP contribution in [-0.2, 0) is 6.54 Å². The third-order valence-electron chi connectivity index (χ3n) is 5.29. The number of likely N-dealkylation sites (tertiary alicyclic amines) is 1. The minimum absolute atomic E-state index is 0.0856. The normalized spacial score (nSPS) is 21.8. The molecule has 4 heterocycles. The largest absolute Gasteiger partial charge is 0.349 e. The maximum Gasteiger partial charge on any atom is 0.261 e. The predicted octanol–water partition coefficient (Wildman–Crippen LogP) is 2.96. The number of pyridine rings is 1. The Kier molecular flexibility index (Phi) is 5.62. The highest BCUT2D eigenvalue weighted by molar-refractivity contribution is 7.14. The number of hydrogen-bond donors (Lipinski definition) is 2. The number of piperidine rings is 1. The van der Waals surface area contributed by atoms with Gasteiger partial charge in [0.05, 0.1) is 10.6 Å². The Balaban J connectivity index is 1.25. The minimum atomic E-state index is 0.0856. The van der Waals surface area contributed by atoms with Crippen LogP contribution in [0.15, 0.2) is 36.5 Å². The van der Waals surface area contributed by atoms with Crippen LogP contribution >= 0.6 is 11.3 Å². The topological polar surface area (TPSA) is 57.3 Å². The third kappa shape index (κ3) is 4.31. The van der Waals surface area contributed by atoms with Crippen LogP contribution in [0.5, 0.6) is 0 Å². The van der Waals surface area contributed by atoms with Crippen molar-refractivity contribution in [1.82, 2.24) is 20.5 Å². The van der Waals surface area contributed by atoms with Gasteiger partial charge in [0, 0.05) is 42.8 Å². The van der Waals surface area contributed by atoms with Gasteiger partial charge in [-0.2, -0.15) is 0 Å². The van der Waals surface area contributed by atoms with Crippen molar-refractivity contribution in [3.8, 4) is 0 Å². The lowest BCUT2D eigenvalue weighted by Crippen LogP contribution is -2.44. The molecular formula is C20H26N4OS. The highest BCUT2D eigenvalue weighted by Crippen LogP contribution is 2.29. The number of nitrogens with one attached hydrogen (secondary N) is 2. The van der Waals surface area contributed by atoms with Crippen molar-refractivity contribution in [2.24, 2.45) is 0 Å². The highest BCUT2D eigenvalue weighted by atomic mass is 32.1. The Morgan fingerprint density at radius 1 is 1.23 bits per heavy atom. The Hall–Kier alpha value is -1.76. The van der Waals surface area contributed by atoms with Crippen LogP contribution < -0.4 is 10.6 Å². The summed E-state index contributed by atoms with van der Waals surface area (Å²) < 4.78 is 0. The van der Waals surface area contributed by atoms with Gasteiger partial charge < -0.3 is 10.6 Å². The zero-order chi connectivity index (χ0) is 17.8. The lowest BCUT2D eigenvalue weighted by Gasteiger charge is -2.32. The van der Waals surface area contributed by atoms with E-state index >= 15 is 0 Å². The summed E-state index contributed by atoms with van der Waals surface area (Å²) in [5, 5.41) is 6.73. The second-order valence-electron chi connectivity index (χ2n) is 7.20. The average Bonchev–Trinajstić information content (AvgIpc) is 3.36. The van der Waals surface area contributed by atoms with Crippen molar-refractivity contribution in [2.75, 3.05) is 19.6 Å². The van der Waals surface area contributed by atoms with Crippen molar-refractivity contribution in [2.45, 2.75) is 44.3 Å². The molecule has 138 valence electrons. The molecule has 2 aromatic heterocycles. The van der Waals surface area contributed by atoms with Gasteiger partial charge in [-0.3, -0.25) is 14.7 Å². The second kappa shape index (κ2) is 8.29. The summed E-state index contributed by atoms with van der Waals surface area (Å²) in [7, 11) is 0. The fourth-order valence-electron chi connectivity index (χ4n) is 3.80. The fourth-order valence-corrected chi connectivity index (χ4v) is 4.82. The van der Waals surface area contributed by atoms with E-state index in [9.17, 15) is 4.79 Å². The number of nitrogens with zero attached hydrogens (tertiary/aromatic N) is 2. The maximum atomic E-state index is 12.6. The smallest absolute Gasteiger partial charge is 0.261 e. The SMILES string of the molecule is O=C(NC1CCN(Cc2ccccn2)CC1)c1ccc(C2CCCN2)s1. The van der Waals surface area contributed by atoms with Gasteiger partial charge in [0.2, 0.25) is 0 Å². The van der Waals surface area contributed by atoms with Crippen molar-refractivity contribution >= 4 is 17.2 Å². The van der Waals surface area contributed by atoms with Gasteiger partial charge >= 0.3 is 0 Å². The van der Waals surface area contributed by atoms with Crippen molar-refractivity contribution < 1.29 is 4.79 Å². The number of aromatic nitrogens is 1. The van der Waals surface area contributed by atoms with Crippen molar-refractivity contribution in [3.05, 3.63) is 52.0 Å². The molecule has 5 nitrogen and oxygen atoms in total. The van der Waals surface area contributed by atoms with Crippen LogP contribution in [0.4, 0.5) is 0 Å². The summed E-state index contributed by atoms with van der Waals surface area (Å²) in [5.74, 6) is 0.0856. The second-order valence-corrected chi connectivity index (χ2v) is 8.31. The highest BCUT2D eigenvalue weighted by Gasteiger charge is 2.23. The number of hydrogen-bond acceptors (Lipinski definition) is 5. The zero-order valence-electron chi connectivity index (χ0n) is 15.0. The summed E-state index contributed by atoms with van der Waals surface area (Å²) in [4.78, 5) is 21.5.